The van der Waals surface area contributed by atoms with Crippen molar-refractivity contribution in [2.24, 2.45) is 0 Å². The SMILES string of the molecule is Cc1ccc(Cl)cc1CC1Oc2ccc(O)cc2NC1=O. The molecule has 0 aromatic heterocycles. The minimum absolute atomic E-state index is 0.0850. The number of aromatic hydroxyl groups is 1. The smallest absolute Gasteiger partial charge is 0.265 e. The molecule has 1 aliphatic heterocycles. The molecule has 1 aliphatic rings. The van der Waals surface area contributed by atoms with Crippen molar-refractivity contribution in [1.82, 2.24) is 0 Å². The lowest BCUT2D eigenvalue weighted by Crippen LogP contribution is -2.38. The zero-order valence-corrected chi connectivity index (χ0v) is 12.1. The highest BCUT2D eigenvalue weighted by Crippen LogP contribution is 2.33. The van der Waals surface area contributed by atoms with Gasteiger partial charge in [-0.15, -0.1) is 0 Å². The Morgan fingerprint density at radius 2 is 2.10 bits per heavy atom. The summed E-state index contributed by atoms with van der Waals surface area (Å²) in [5, 5.41) is 12.8. The predicted octanol–water partition coefficient (Wildman–Crippen LogP) is 3.30. The van der Waals surface area contributed by atoms with Gasteiger partial charge >= 0.3 is 0 Å². The highest BCUT2D eigenvalue weighted by molar-refractivity contribution is 6.30. The van der Waals surface area contributed by atoms with Crippen LogP contribution >= 0.6 is 11.6 Å². The van der Waals surface area contributed by atoms with E-state index in [0.29, 0.717) is 22.9 Å². The summed E-state index contributed by atoms with van der Waals surface area (Å²) in [6.45, 7) is 1.97. The van der Waals surface area contributed by atoms with E-state index in [1.165, 1.54) is 12.1 Å². The number of carbonyl (C=O) groups excluding carboxylic acids is 1. The van der Waals surface area contributed by atoms with Crippen molar-refractivity contribution in [3.8, 4) is 11.5 Å². The minimum Gasteiger partial charge on any atom is -0.508 e. The van der Waals surface area contributed by atoms with Crippen molar-refractivity contribution >= 4 is 23.2 Å². The molecule has 1 heterocycles. The molecular formula is C16H14ClNO3. The molecule has 1 unspecified atom stereocenters. The molecule has 108 valence electrons. The number of phenols is 1. The Balaban J connectivity index is 1.85. The summed E-state index contributed by atoms with van der Waals surface area (Å²) in [4.78, 5) is 12.1. The number of aryl methyl sites for hydroxylation is 1. The molecule has 0 aliphatic carbocycles. The molecule has 0 spiro atoms. The molecular weight excluding hydrogens is 290 g/mol. The summed E-state index contributed by atoms with van der Waals surface area (Å²) in [5.74, 6) is 0.409. The molecule has 0 saturated carbocycles. The van der Waals surface area contributed by atoms with E-state index in [1.807, 2.05) is 25.1 Å². The third kappa shape index (κ3) is 2.81. The predicted molar refractivity (Wildman–Crippen MR) is 81.0 cm³/mol. The van der Waals surface area contributed by atoms with E-state index in [1.54, 1.807) is 6.07 Å². The Kier molecular flexibility index (Phi) is 3.47. The number of fused-ring (bicyclic) bond motifs is 1. The first-order valence-corrected chi connectivity index (χ1v) is 6.96. The fourth-order valence-electron chi connectivity index (χ4n) is 2.33. The average Bonchev–Trinajstić information content (AvgIpc) is 2.44. The van der Waals surface area contributed by atoms with Gasteiger partial charge in [-0.05, 0) is 42.3 Å². The lowest BCUT2D eigenvalue weighted by Gasteiger charge is -2.26. The summed E-state index contributed by atoms with van der Waals surface area (Å²) < 4.78 is 5.73. The molecule has 21 heavy (non-hydrogen) atoms. The van der Waals surface area contributed by atoms with E-state index in [9.17, 15) is 9.90 Å². The van der Waals surface area contributed by atoms with Crippen molar-refractivity contribution in [1.29, 1.82) is 0 Å². The molecule has 2 N–H and O–H groups in total. The molecule has 0 radical (unpaired) electrons. The Bertz CT molecular complexity index is 715. The first-order chi connectivity index (χ1) is 10.0. The van der Waals surface area contributed by atoms with Crippen LogP contribution in [0.2, 0.25) is 5.02 Å². The highest BCUT2D eigenvalue weighted by Gasteiger charge is 2.28. The monoisotopic (exact) mass is 303 g/mol. The van der Waals surface area contributed by atoms with Crippen molar-refractivity contribution in [2.75, 3.05) is 5.32 Å². The van der Waals surface area contributed by atoms with E-state index in [4.69, 9.17) is 16.3 Å². The highest BCUT2D eigenvalue weighted by atomic mass is 35.5. The first-order valence-electron chi connectivity index (χ1n) is 6.58. The van der Waals surface area contributed by atoms with Gasteiger partial charge in [-0.3, -0.25) is 4.79 Å². The molecule has 1 atom stereocenters. The summed E-state index contributed by atoms with van der Waals surface area (Å²) in [6, 6.07) is 10.2. The number of nitrogens with one attached hydrogen (secondary N) is 1. The van der Waals surface area contributed by atoms with Crippen molar-refractivity contribution < 1.29 is 14.6 Å². The number of phenolic OH excluding ortho intramolecular Hbond substituents is 1. The van der Waals surface area contributed by atoms with Gasteiger partial charge in [0.2, 0.25) is 0 Å². The van der Waals surface area contributed by atoms with Crippen molar-refractivity contribution in [3.05, 3.63) is 52.5 Å². The van der Waals surface area contributed by atoms with Crippen molar-refractivity contribution in [2.45, 2.75) is 19.4 Å². The van der Waals surface area contributed by atoms with Gasteiger partial charge < -0.3 is 15.2 Å². The van der Waals surface area contributed by atoms with Gasteiger partial charge in [0.25, 0.3) is 5.91 Å². The molecule has 0 fully saturated rings. The second kappa shape index (κ2) is 5.30. The van der Waals surface area contributed by atoms with Gasteiger partial charge in [0.05, 0.1) is 5.69 Å². The maximum Gasteiger partial charge on any atom is 0.265 e. The van der Waals surface area contributed by atoms with Crippen LogP contribution in [0, 0.1) is 6.92 Å². The zero-order chi connectivity index (χ0) is 15.0. The Morgan fingerprint density at radius 1 is 1.29 bits per heavy atom. The van der Waals surface area contributed by atoms with Gasteiger partial charge in [-0.25, -0.2) is 0 Å². The van der Waals surface area contributed by atoms with Crippen LogP contribution in [0.5, 0.6) is 11.5 Å². The van der Waals surface area contributed by atoms with E-state index in [-0.39, 0.29) is 11.7 Å². The standard InChI is InChI=1S/C16H14ClNO3/c1-9-2-3-11(17)6-10(9)7-15-16(20)18-13-8-12(19)4-5-14(13)21-15/h2-6,8,15,19H,7H2,1H3,(H,18,20). The topological polar surface area (TPSA) is 58.6 Å². The largest absolute Gasteiger partial charge is 0.508 e. The molecule has 1 amide bonds. The van der Waals surface area contributed by atoms with E-state index in [0.717, 1.165) is 11.1 Å². The maximum absolute atomic E-state index is 12.1. The second-order valence-corrected chi connectivity index (χ2v) is 5.49. The Labute approximate surface area is 127 Å². The number of rotatable bonds is 2. The van der Waals surface area contributed by atoms with Gasteiger partial charge in [-0.2, -0.15) is 0 Å². The normalized spacial score (nSPS) is 16.9. The molecule has 2 aromatic carbocycles. The number of hydrogen-bond donors (Lipinski definition) is 2. The van der Waals surface area contributed by atoms with Crippen LogP contribution in [0.15, 0.2) is 36.4 Å². The molecule has 2 aromatic rings. The quantitative estimate of drug-likeness (QED) is 0.895. The molecule has 4 nitrogen and oxygen atoms in total. The number of hydrogen-bond acceptors (Lipinski definition) is 3. The van der Waals surface area contributed by atoms with Crippen LogP contribution in [0.1, 0.15) is 11.1 Å². The zero-order valence-electron chi connectivity index (χ0n) is 11.4. The van der Waals surface area contributed by atoms with E-state index in [2.05, 4.69) is 5.32 Å². The Morgan fingerprint density at radius 3 is 2.90 bits per heavy atom. The van der Waals surface area contributed by atoms with Crippen LogP contribution in [-0.4, -0.2) is 17.1 Å². The van der Waals surface area contributed by atoms with Crippen LogP contribution in [0.4, 0.5) is 5.69 Å². The Hall–Kier alpha value is -2.20. The first kappa shape index (κ1) is 13.8. The third-order valence-corrected chi connectivity index (χ3v) is 3.73. The molecule has 0 bridgehead atoms. The minimum atomic E-state index is -0.612. The summed E-state index contributed by atoms with van der Waals surface area (Å²) >= 11 is 6.00. The van der Waals surface area contributed by atoms with Crippen LogP contribution in [0.25, 0.3) is 0 Å². The number of carbonyl (C=O) groups is 1. The average molecular weight is 304 g/mol. The molecule has 0 saturated heterocycles. The molecule has 3 rings (SSSR count). The lowest BCUT2D eigenvalue weighted by atomic mass is 10.0. The fourth-order valence-corrected chi connectivity index (χ4v) is 2.53. The van der Waals surface area contributed by atoms with Gasteiger partial charge in [0.1, 0.15) is 11.5 Å². The van der Waals surface area contributed by atoms with Gasteiger partial charge in [0, 0.05) is 17.5 Å². The number of anilines is 1. The number of ether oxygens (including phenoxy) is 1. The van der Waals surface area contributed by atoms with Crippen molar-refractivity contribution in [3.63, 3.8) is 0 Å². The number of benzene rings is 2. The van der Waals surface area contributed by atoms with Crippen LogP contribution < -0.4 is 10.1 Å². The van der Waals surface area contributed by atoms with Gasteiger partial charge in [-0.1, -0.05) is 17.7 Å². The van der Waals surface area contributed by atoms with Gasteiger partial charge in [0.15, 0.2) is 6.10 Å². The maximum atomic E-state index is 12.1. The van der Waals surface area contributed by atoms with E-state index >= 15 is 0 Å². The fraction of sp³-hybridized carbons (Fsp3) is 0.188. The molecule has 5 heteroatoms. The lowest BCUT2D eigenvalue weighted by molar-refractivity contribution is -0.123. The number of halogens is 1. The van der Waals surface area contributed by atoms with E-state index < -0.39 is 6.10 Å². The summed E-state index contributed by atoms with van der Waals surface area (Å²) in [7, 11) is 0. The summed E-state index contributed by atoms with van der Waals surface area (Å²) in [6.07, 6.45) is -0.169. The summed E-state index contributed by atoms with van der Waals surface area (Å²) in [5.41, 5.74) is 2.52. The third-order valence-electron chi connectivity index (χ3n) is 3.50. The van der Waals surface area contributed by atoms with Crippen LogP contribution in [0.3, 0.4) is 0 Å². The number of amides is 1. The van der Waals surface area contributed by atoms with Crippen LogP contribution in [-0.2, 0) is 11.2 Å². The second-order valence-electron chi connectivity index (χ2n) is 5.05.